The predicted molar refractivity (Wildman–Crippen MR) is 107 cm³/mol. The van der Waals surface area contributed by atoms with Gasteiger partial charge in [-0.25, -0.2) is 14.4 Å². The molecule has 1 amide bonds. The van der Waals surface area contributed by atoms with Crippen LogP contribution >= 0.6 is 0 Å². The zero-order chi connectivity index (χ0) is 22.7. The molecule has 0 aliphatic carbocycles. The third-order valence-corrected chi connectivity index (χ3v) is 4.17. The van der Waals surface area contributed by atoms with Crippen molar-refractivity contribution < 1.29 is 29.4 Å². The monoisotopic (exact) mass is 425 g/mol. The van der Waals surface area contributed by atoms with Crippen molar-refractivity contribution in [2.24, 2.45) is 10.2 Å². The number of anilines is 1. The molecule has 5 N–H and O–H groups in total. The van der Waals surface area contributed by atoms with Crippen LogP contribution in [0.4, 0.5) is 11.4 Å². The molecule has 2 aromatic carbocycles. The van der Waals surface area contributed by atoms with Crippen molar-refractivity contribution in [3.05, 3.63) is 58.0 Å². The zero-order valence-corrected chi connectivity index (χ0v) is 15.9. The second-order valence-corrected chi connectivity index (χ2v) is 6.40. The van der Waals surface area contributed by atoms with Gasteiger partial charge in [0, 0.05) is 5.69 Å². The van der Waals surface area contributed by atoms with Crippen LogP contribution < -0.4 is 11.0 Å². The standard InChI is InChI=1S/C19H15N5O7/c1-8(25)15(16(26)20-10-3-5-13-14(7-10)22-19(31)21-13)24-23-12-4-2-9(17(27)28)6-11(12)18(29)30/h2-7,15H,1H3,(H,20,26)(H,27,28)(H,29,30)(H2,21,22,31). The number of hydrogen-bond acceptors (Lipinski definition) is 7. The molecule has 0 saturated carbocycles. The lowest BCUT2D eigenvalue weighted by atomic mass is 10.1. The van der Waals surface area contributed by atoms with E-state index in [0.717, 1.165) is 25.1 Å². The van der Waals surface area contributed by atoms with Crippen molar-refractivity contribution in [1.82, 2.24) is 9.97 Å². The molecule has 0 aliphatic heterocycles. The second-order valence-electron chi connectivity index (χ2n) is 6.40. The number of amides is 1. The molecule has 0 spiro atoms. The number of azo groups is 1. The number of Topliss-reactive ketones (excluding diaryl/α,β-unsaturated/α-hetero) is 1. The molecule has 1 atom stereocenters. The average Bonchev–Trinajstić information content (AvgIpc) is 3.06. The fourth-order valence-corrected chi connectivity index (χ4v) is 2.69. The summed E-state index contributed by atoms with van der Waals surface area (Å²) in [5, 5.41) is 28.1. The number of nitrogens with one attached hydrogen (secondary N) is 3. The van der Waals surface area contributed by atoms with Crippen molar-refractivity contribution in [2.45, 2.75) is 13.0 Å². The molecule has 158 valence electrons. The number of H-pyrrole nitrogens is 2. The van der Waals surface area contributed by atoms with Gasteiger partial charge < -0.3 is 25.5 Å². The molecule has 12 heteroatoms. The number of carbonyl (C=O) groups excluding carboxylic acids is 2. The van der Waals surface area contributed by atoms with Gasteiger partial charge in [-0.2, -0.15) is 10.2 Å². The first-order valence-electron chi connectivity index (χ1n) is 8.70. The summed E-state index contributed by atoms with van der Waals surface area (Å²) in [6.45, 7) is 1.11. The van der Waals surface area contributed by atoms with E-state index in [0.29, 0.717) is 11.0 Å². The first kappa shape index (κ1) is 21.1. The number of aromatic nitrogens is 2. The Labute approximate surface area is 172 Å². The lowest BCUT2D eigenvalue weighted by molar-refractivity contribution is -0.126. The number of carboxylic acids is 2. The van der Waals surface area contributed by atoms with Gasteiger partial charge in [0.1, 0.15) is 0 Å². The SMILES string of the molecule is CC(=O)C(N=Nc1ccc(C(=O)O)cc1C(=O)O)C(=O)Nc1ccc2[nH]c(=O)[nH]c2c1. The molecular weight excluding hydrogens is 410 g/mol. The maximum absolute atomic E-state index is 12.5. The fraction of sp³-hybridized carbons (Fsp3) is 0.105. The topological polar surface area (TPSA) is 194 Å². The highest BCUT2D eigenvalue weighted by Crippen LogP contribution is 2.22. The lowest BCUT2D eigenvalue weighted by Gasteiger charge is -2.10. The van der Waals surface area contributed by atoms with E-state index in [1.165, 1.54) is 12.1 Å². The van der Waals surface area contributed by atoms with E-state index in [1.54, 1.807) is 6.07 Å². The quantitative estimate of drug-likeness (QED) is 0.282. The van der Waals surface area contributed by atoms with Crippen LogP contribution in [0.15, 0.2) is 51.4 Å². The van der Waals surface area contributed by atoms with Gasteiger partial charge in [0.05, 0.1) is 27.8 Å². The molecule has 1 aromatic heterocycles. The molecule has 12 nitrogen and oxygen atoms in total. The van der Waals surface area contributed by atoms with Crippen LogP contribution in [0.3, 0.4) is 0 Å². The molecule has 1 unspecified atom stereocenters. The van der Waals surface area contributed by atoms with Gasteiger partial charge in [0.2, 0.25) is 6.04 Å². The highest BCUT2D eigenvalue weighted by atomic mass is 16.4. The largest absolute Gasteiger partial charge is 0.478 e. The molecule has 0 fully saturated rings. The first-order valence-corrected chi connectivity index (χ1v) is 8.70. The van der Waals surface area contributed by atoms with Crippen molar-refractivity contribution in [1.29, 1.82) is 0 Å². The van der Waals surface area contributed by atoms with E-state index in [2.05, 4.69) is 25.5 Å². The molecule has 0 aliphatic rings. The summed E-state index contributed by atoms with van der Waals surface area (Å²) in [6.07, 6.45) is 0. The van der Waals surface area contributed by atoms with E-state index >= 15 is 0 Å². The fourth-order valence-electron chi connectivity index (χ4n) is 2.69. The maximum Gasteiger partial charge on any atom is 0.337 e. The molecule has 0 radical (unpaired) electrons. The number of aromatic carboxylic acids is 2. The number of rotatable bonds is 7. The van der Waals surface area contributed by atoms with Crippen LogP contribution in [0, 0.1) is 0 Å². The van der Waals surface area contributed by atoms with Crippen LogP contribution in [0.25, 0.3) is 11.0 Å². The van der Waals surface area contributed by atoms with Gasteiger partial charge in [-0.3, -0.25) is 9.59 Å². The number of fused-ring (bicyclic) bond motifs is 1. The molecule has 0 bridgehead atoms. The van der Waals surface area contributed by atoms with Gasteiger partial charge in [-0.1, -0.05) is 0 Å². The first-order chi connectivity index (χ1) is 14.7. The highest BCUT2D eigenvalue weighted by Gasteiger charge is 2.24. The summed E-state index contributed by atoms with van der Waals surface area (Å²) in [5.41, 5.74) is -0.111. The van der Waals surface area contributed by atoms with E-state index in [9.17, 15) is 29.1 Å². The highest BCUT2D eigenvalue weighted by molar-refractivity contribution is 6.10. The summed E-state index contributed by atoms with van der Waals surface area (Å²) >= 11 is 0. The van der Waals surface area contributed by atoms with Crippen molar-refractivity contribution >= 4 is 46.0 Å². The molecule has 3 aromatic rings. The Balaban J connectivity index is 1.86. The van der Waals surface area contributed by atoms with Crippen LogP contribution in [0.1, 0.15) is 27.6 Å². The number of aromatic amines is 2. The number of ketones is 1. The summed E-state index contributed by atoms with van der Waals surface area (Å²) < 4.78 is 0. The Morgan fingerprint density at radius 1 is 0.968 bits per heavy atom. The minimum Gasteiger partial charge on any atom is -0.478 e. The summed E-state index contributed by atoms with van der Waals surface area (Å²) in [7, 11) is 0. The molecule has 0 saturated heterocycles. The Hall–Kier alpha value is -4.61. The van der Waals surface area contributed by atoms with Gasteiger partial charge in [-0.05, 0) is 43.3 Å². The normalized spacial score (nSPS) is 12.0. The molecule has 31 heavy (non-hydrogen) atoms. The number of carbonyl (C=O) groups is 4. The van der Waals surface area contributed by atoms with Crippen molar-refractivity contribution in [2.75, 3.05) is 5.32 Å². The number of hydrogen-bond donors (Lipinski definition) is 5. The lowest BCUT2D eigenvalue weighted by Crippen LogP contribution is -2.31. The third kappa shape index (κ3) is 4.70. The predicted octanol–water partition coefficient (Wildman–Crippen LogP) is 1.93. The molecular formula is C19H15N5O7. The van der Waals surface area contributed by atoms with Gasteiger partial charge in [0.25, 0.3) is 5.91 Å². The van der Waals surface area contributed by atoms with Crippen molar-refractivity contribution in [3.63, 3.8) is 0 Å². The van der Waals surface area contributed by atoms with Crippen LogP contribution in [0.5, 0.6) is 0 Å². The van der Waals surface area contributed by atoms with Crippen LogP contribution in [0.2, 0.25) is 0 Å². The van der Waals surface area contributed by atoms with Gasteiger partial charge in [0.15, 0.2) is 5.78 Å². The second kappa shape index (κ2) is 8.41. The summed E-state index contributed by atoms with van der Waals surface area (Å²) in [4.78, 5) is 63.3. The maximum atomic E-state index is 12.5. The third-order valence-electron chi connectivity index (χ3n) is 4.17. The number of imidazole rings is 1. The smallest absolute Gasteiger partial charge is 0.337 e. The van der Waals surface area contributed by atoms with Crippen LogP contribution in [-0.4, -0.2) is 49.9 Å². The van der Waals surface area contributed by atoms with Gasteiger partial charge >= 0.3 is 17.6 Å². The number of carboxylic acid groups (broad SMARTS) is 2. The summed E-state index contributed by atoms with van der Waals surface area (Å²) in [6, 6.07) is 6.09. The van der Waals surface area contributed by atoms with E-state index in [-0.39, 0.29) is 16.9 Å². The van der Waals surface area contributed by atoms with E-state index in [1.807, 2.05) is 0 Å². The minimum atomic E-state index is -1.58. The summed E-state index contributed by atoms with van der Waals surface area (Å²) in [5.74, 6) is -4.26. The van der Waals surface area contributed by atoms with Crippen LogP contribution in [-0.2, 0) is 9.59 Å². The van der Waals surface area contributed by atoms with Crippen molar-refractivity contribution in [3.8, 4) is 0 Å². The zero-order valence-electron chi connectivity index (χ0n) is 15.9. The Morgan fingerprint density at radius 2 is 1.68 bits per heavy atom. The molecule has 3 rings (SSSR count). The Kier molecular flexibility index (Phi) is 5.72. The minimum absolute atomic E-state index is 0.220. The average molecular weight is 425 g/mol. The van der Waals surface area contributed by atoms with E-state index in [4.69, 9.17) is 5.11 Å². The van der Waals surface area contributed by atoms with E-state index < -0.39 is 40.9 Å². The Bertz CT molecular complexity index is 1300. The number of nitrogens with zero attached hydrogens (tertiary/aromatic N) is 2. The molecule has 1 heterocycles. The number of benzene rings is 2. The Morgan fingerprint density at radius 3 is 2.32 bits per heavy atom. The van der Waals surface area contributed by atoms with Gasteiger partial charge in [-0.15, -0.1) is 0 Å².